The highest BCUT2D eigenvalue weighted by Crippen LogP contribution is 2.24. The van der Waals surface area contributed by atoms with E-state index in [0.29, 0.717) is 12.2 Å². The van der Waals surface area contributed by atoms with Crippen molar-refractivity contribution >= 4 is 21.6 Å². The third kappa shape index (κ3) is 4.52. The summed E-state index contributed by atoms with van der Waals surface area (Å²) in [5.41, 5.74) is 2.95. The van der Waals surface area contributed by atoms with Crippen molar-refractivity contribution in [1.82, 2.24) is 5.32 Å². The van der Waals surface area contributed by atoms with E-state index in [1.165, 1.54) is 6.26 Å². The molecule has 134 valence electrons. The second-order valence-electron chi connectivity index (χ2n) is 5.78. The van der Waals surface area contributed by atoms with E-state index >= 15 is 0 Å². The van der Waals surface area contributed by atoms with Crippen LogP contribution in [0.3, 0.4) is 0 Å². The van der Waals surface area contributed by atoms with Gasteiger partial charge in [0, 0.05) is 17.8 Å². The summed E-state index contributed by atoms with van der Waals surface area (Å²) in [7, 11) is -3.31. The number of sulfonamides is 1. The van der Waals surface area contributed by atoms with Gasteiger partial charge in [0.1, 0.15) is 0 Å². The van der Waals surface area contributed by atoms with Crippen LogP contribution in [0, 0.1) is 0 Å². The van der Waals surface area contributed by atoms with Crippen molar-refractivity contribution < 1.29 is 17.6 Å². The average molecular weight is 370 g/mol. The molecule has 0 fully saturated rings. The van der Waals surface area contributed by atoms with Crippen molar-refractivity contribution in [3.63, 3.8) is 0 Å². The molecule has 0 aliphatic rings. The number of amides is 1. The van der Waals surface area contributed by atoms with E-state index in [1.54, 1.807) is 30.3 Å². The van der Waals surface area contributed by atoms with Gasteiger partial charge in [0.05, 0.1) is 12.5 Å². The van der Waals surface area contributed by atoms with E-state index in [-0.39, 0.29) is 11.7 Å². The van der Waals surface area contributed by atoms with E-state index in [4.69, 9.17) is 4.42 Å². The SMILES string of the molecule is CS(=O)(=O)Nc1ccc(CNC(=O)c2occc2-c2ccccc2)cc1. The Labute approximate surface area is 151 Å². The maximum absolute atomic E-state index is 12.4. The molecule has 0 radical (unpaired) electrons. The number of hydrogen-bond donors (Lipinski definition) is 2. The summed E-state index contributed by atoms with van der Waals surface area (Å²) in [4.78, 5) is 12.4. The number of furan rings is 1. The number of hydrogen-bond acceptors (Lipinski definition) is 4. The average Bonchev–Trinajstić information content (AvgIpc) is 3.10. The van der Waals surface area contributed by atoms with Crippen LogP contribution in [0.25, 0.3) is 11.1 Å². The lowest BCUT2D eigenvalue weighted by Gasteiger charge is -2.07. The highest BCUT2D eigenvalue weighted by atomic mass is 32.2. The van der Waals surface area contributed by atoms with Crippen molar-refractivity contribution in [1.29, 1.82) is 0 Å². The van der Waals surface area contributed by atoms with E-state index in [9.17, 15) is 13.2 Å². The molecule has 7 heteroatoms. The zero-order valence-electron chi connectivity index (χ0n) is 14.1. The third-order valence-electron chi connectivity index (χ3n) is 3.67. The smallest absolute Gasteiger partial charge is 0.287 e. The predicted molar refractivity (Wildman–Crippen MR) is 100 cm³/mol. The Morgan fingerprint density at radius 1 is 1.00 bits per heavy atom. The Hall–Kier alpha value is -3.06. The molecule has 0 spiro atoms. The molecule has 0 aliphatic heterocycles. The second-order valence-corrected chi connectivity index (χ2v) is 7.53. The number of carbonyl (C=O) groups excluding carboxylic acids is 1. The molecule has 3 rings (SSSR count). The number of carbonyl (C=O) groups is 1. The summed E-state index contributed by atoms with van der Waals surface area (Å²) < 4.78 is 30.2. The summed E-state index contributed by atoms with van der Waals surface area (Å²) in [6, 6.07) is 18.1. The molecule has 2 aromatic carbocycles. The normalized spacial score (nSPS) is 11.1. The van der Waals surface area contributed by atoms with E-state index in [0.717, 1.165) is 22.9 Å². The summed E-state index contributed by atoms with van der Waals surface area (Å²) in [6.07, 6.45) is 2.58. The van der Waals surface area contributed by atoms with Crippen LogP contribution in [0.5, 0.6) is 0 Å². The van der Waals surface area contributed by atoms with Gasteiger partial charge in [0.15, 0.2) is 5.76 Å². The lowest BCUT2D eigenvalue weighted by molar-refractivity contribution is 0.0924. The molecule has 1 aromatic heterocycles. The van der Waals surface area contributed by atoms with Crippen molar-refractivity contribution in [3.8, 4) is 11.1 Å². The molecular formula is C19H18N2O4S. The van der Waals surface area contributed by atoms with Crippen LogP contribution >= 0.6 is 0 Å². The standard InChI is InChI=1S/C19H18N2O4S/c1-26(23,24)21-16-9-7-14(8-10-16)13-20-19(22)18-17(11-12-25-18)15-5-3-2-4-6-15/h2-12,21H,13H2,1H3,(H,20,22). The quantitative estimate of drug-likeness (QED) is 0.697. The van der Waals surface area contributed by atoms with Crippen LogP contribution in [0.15, 0.2) is 71.3 Å². The minimum absolute atomic E-state index is 0.256. The third-order valence-corrected chi connectivity index (χ3v) is 4.27. The van der Waals surface area contributed by atoms with Crippen molar-refractivity contribution in [2.24, 2.45) is 0 Å². The maximum atomic E-state index is 12.4. The zero-order valence-corrected chi connectivity index (χ0v) is 14.9. The minimum atomic E-state index is -3.31. The van der Waals surface area contributed by atoms with Gasteiger partial charge in [-0.25, -0.2) is 8.42 Å². The van der Waals surface area contributed by atoms with E-state index in [2.05, 4.69) is 10.0 Å². The summed E-state index contributed by atoms with van der Waals surface area (Å²) in [5, 5.41) is 2.81. The largest absolute Gasteiger partial charge is 0.459 e. The number of nitrogens with one attached hydrogen (secondary N) is 2. The van der Waals surface area contributed by atoms with Crippen LogP contribution in [-0.4, -0.2) is 20.6 Å². The number of rotatable bonds is 6. The molecule has 0 saturated carbocycles. The molecule has 0 bridgehead atoms. The number of anilines is 1. The molecule has 0 aliphatic carbocycles. The van der Waals surface area contributed by atoms with E-state index < -0.39 is 10.0 Å². The second kappa shape index (κ2) is 7.45. The fourth-order valence-corrected chi connectivity index (χ4v) is 3.06. The molecule has 0 unspecified atom stereocenters. The van der Waals surface area contributed by atoms with E-state index in [1.807, 2.05) is 30.3 Å². The lowest BCUT2D eigenvalue weighted by Crippen LogP contribution is -2.22. The van der Waals surface area contributed by atoms with Gasteiger partial charge >= 0.3 is 0 Å². The first-order valence-electron chi connectivity index (χ1n) is 7.90. The van der Waals surface area contributed by atoms with Crippen LogP contribution in [0.1, 0.15) is 16.1 Å². The van der Waals surface area contributed by atoms with Gasteiger partial charge in [-0.05, 0) is 29.3 Å². The fraction of sp³-hybridized carbons (Fsp3) is 0.105. The number of benzene rings is 2. The first-order valence-corrected chi connectivity index (χ1v) is 9.79. The van der Waals surface area contributed by atoms with Crippen molar-refractivity contribution in [2.75, 3.05) is 11.0 Å². The first kappa shape index (κ1) is 17.8. The van der Waals surface area contributed by atoms with Gasteiger partial charge in [0.25, 0.3) is 5.91 Å². The Balaban J connectivity index is 1.66. The van der Waals surface area contributed by atoms with Gasteiger partial charge in [-0.3, -0.25) is 9.52 Å². The van der Waals surface area contributed by atoms with Crippen molar-refractivity contribution in [2.45, 2.75) is 6.54 Å². The highest BCUT2D eigenvalue weighted by Gasteiger charge is 2.16. The Kier molecular flexibility index (Phi) is 5.09. The monoisotopic (exact) mass is 370 g/mol. The maximum Gasteiger partial charge on any atom is 0.287 e. The zero-order chi connectivity index (χ0) is 18.6. The summed E-state index contributed by atoms with van der Waals surface area (Å²) >= 11 is 0. The highest BCUT2D eigenvalue weighted by molar-refractivity contribution is 7.92. The molecule has 0 saturated heterocycles. The van der Waals surface area contributed by atoms with Gasteiger partial charge in [-0.2, -0.15) is 0 Å². The Morgan fingerprint density at radius 2 is 1.69 bits per heavy atom. The van der Waals surface area contributed by atoms with Gasteiger partial charge in [-0.15, -0.1) is 0 Å². The minimum Gasteiger partial charge on any atom is -0.459 e. The molecule has 2 N–H and O–H groups in total. The first-order chi connectivity index (χ1) is 12.4. The summed E-state index contributed by atoms with van der Waals surface area (Å²) in [6.45, 7) is 0.299. The Bertz CT molecular complexity index is 994. The predicted octanol–water partition coefficient (Wildman–Crippen LogP) is 3.25. The molecule has 6 nitrogen and oxygen atoms in total. The fourth-order valence-electron chi connectivity index (χ4n) is 2.50. The van der Waals surface area contributed by atoms with Crippen LogP contribution in [0.4, 0.5) is 5.69 Å². The topological polar surface area (TPSA) is 88.4 Å². The molecular weight excluding hydrogens is 352 g/mol. The van der Waals surface area contributed by atoms with Gasteiger partial charge in [0.2, 0.25) is 10.0 Å². The Morgan fingerprint density at radius 3 is 2.35 bits per heavy atom. The molecule has 26 heavy (non-hydrogen) atoms. The van der Waals surface area contributed by atoms with Crippen LogP contribution in [-0.2, 0) is 16.6 Å². The molecule has 3 aromatic rings. The summed E-state index contributed by atoms with van der Waals surface area (Å²) in [5.74, 6) is -0.0567. The van der Waals surface area contributed by atoms with Gasteiger partial charge in [-0.1, -0.05) is 42.5 Å². The van der Waals surface area contributed by atoms with Gasteiger partial charge < -0.3 is 9.73 Å². The van der Waals surface area contributed by atoms with Crippen LogP contribution in [0.2, 0.25) is 0 Å². The lowest BCUT2D eigenvalue weighted by atomic mass is 10.1. The molecule has 0 atom stereocenters. The molecule has 1 amide bonds. The van der Waals surface area contributed by atoms with Crippen LogP contribution < -0.4 is 10.0 Å². The van der Waals surface area contributed by atoms with Crippen molar-refractivity contribution in [3.05, 3.63) is 78.3 Å². The molecule has 1 heterocycles.